The maximum atomic E-state index is 6.02. The van der Waals surface area contributed by atoms with Crippen LogP contribution in [0.3, 0.4) is 0 Å². The Morgan fingerprint density at radius 3 is 0.750 bits per heavy atom. The van der Waals surface area contributed by atoms with Gasteiger partial charge in [0.05, 0.1) is 58.9 Å². The lowest BCUT2D eigenvalue weighted by molar-refractivity contribution is -0.923. The van der Waals surface area contributed by atoms with E-state index in [4.69, 9.17) is 14.2 Å². The van der Waals surface area contributed by atoms with E-state index in [1.807, 2.05) is 0 Å². The van der Waals surface area contributed by atoms with E-state index in [1.54, 1.807) is 0 Å². The van der Waals surface area contributed by atoms with E-state index in [1.165, 1.54) is 0 Å². The standard InChI is InChI=1S/C27H57N6O3/c1-10-31(11-2,12-3)19-22-34-25-28-26(35-23-20-32(13-4,14-5)15-6)30-27(29-25)36-24-21-33(16-7,17-8)18-9/h10-24H2,1-9H3/q+3. The number of quaternary nitrogens is 3. The molecule has 0 fully saturated rings. The van der Waals surface area contributed by atoms with Gasteiger partial charge in [-0.3, -0.25) is 0 Å². The molecule has 9 nitrogen and oxygen atoms in total. The van der Waals surface area contributed by atoms with Gasteiger partial charge in [-0.1, -0.05) is 0 Å². The molecule has 0 aliphatic rings. The van der Waals surface area contributed by atoms with Crippen LogP contribution < -0.4 is 14.2 Å². The van der Waals surface area contributed by atoms with Gasteiger partial charge in [0.15, 0.2) is 0 Å². The second-order valence-electron chi connectivity index (χ2n) is 9.77. The normalized spacial score (nSPS) is 12.6. The smallest absolute Gasteiger partial charge is 0.326 e. The Morgan fingerprint density at radius 2 is 0.583 bits per heavy atom. The minimum absolute atomic E-state index is 0.279. The molecular formula is C27H57N6O3+3. The van der Waals surface area contributed by atoms with Crippen molar-refractivity contribution in [2.75, 3.05) is 98.4 Å². The zero-order valence-electron chi connectivity index (χ0n) is 25.0. The van der Waals surface area contributed by atoms with Crippen LogP contribution in [0.4, 0.5) is 0 Å². The summed E-state index contributed by atoms with van der Waals surface area (Å²) in [5, 5.41) is 0. The van der Waals surface area contributed by atoms with E-state index in [2.05, 4.69) is 77.3 Å². The Kier molecular flexibility index (Phi) is 14.5. The fraction of sp³-hybridized carbons (Fsp3) is 0.889. The third-order valence-corrected chi connectivity index (χ3v) is 9.00. The van der Waals surface area contributed by atoms with Gasteiger partial charge in [0.2, 0.25) is 0 Å². The highest BCUT2D eigenvalue weighted by Gasteiger charge is 2.24. The Labute approximate surface area is 221 Å². The van der Waals surface area contributed by atoms with Crippen molar-refractivity contribution in [2.45, 2.75) is 62.3 Å². The van der Waals surface area contributed by atoms with Crippen LogP contribution in [0, 0.1) is 0 Å². The minimum atomic E-state index is 0.279. The fourth-order valence-corrected chi connectivity index (χ4v) is 4.94. The third kappa shape index (κ3) is 9.30. The van der Waals surface area contributed by atoms with Gasteiger partial charge in [-0.15, -0.1) is 15.0 Å². The zero-order valence-corrected chi connectivity index (χ0v) is 25.0. The van der Waals surface area contributed by atoms with Crippen LogP contribution in [0.25, 0.3) is 0 Å². The highest BCUT2D eigenvalue weighted by atomic mass is 16.5. The first-order valence-corrected chi connectivity index (χ1v) is 14.5. The van der Waals surface area contributed by atoms with E-state index < -0.39 is 0 Å². The lowest BCUT2D eigenvalue weighted by Crippen LogP contribution is -2.50. The van der Waals surface area contributed by atoms with Crippen molar-refractivity contribution >= 4 is 0 Å². The minimum Gasteiger partial charge on any atom is -0.457 e. The molecule has 0 atom stereocenters. The van der Waals surface area contributed by atoms with E-state index in [9.17, 15) is 0 Å². The molecule has 0 radical (unpaired) electrons. The molecule has 9 heteroatoms. The van der Waals surface area contributed by atoms with Crippen molar-refractivity contribution in [3.8, 4) is 18.0 Å². The Bertz CT molecular complexity index is 589. The first-order valence-electron chi connectivity index (χ1n) is 14.5. The van der Waals surface area contributed by atoms with Crippen LogP contribution in [-0.4, -0.2) is 127 Å². The van der Waals surface area contributed by atoms with E-state index in [0.29, 0.717) is 19.8 Å². The molecule has 0 saturated carbocycles. The molecule has 0 aliphatic carbocycles. The number of nitrogens with zero attached hydrogens (tertiary/aromatic N) is 6. The molecule has 1 aromatic rings. The zero-order chi connectivity index (χ0) is 27.1. The van der Waals surface area contributed by atoms with E-state index in [0.717, 1.165) is 92.0 Å². The van der Waals surface area contributed by atoms with Crippen LogP contribution >= 0.6 is 0 Å². The molecule has 0 aliphatic heterocycles. The number of hydrogen-bond acceptors (Lipinski definition) is 6. The molecule has 1 heterocycles. The predicted octanol–water partition coefficient (Wildman–Crippen LogP) is 3.64. The predicted molar refractivity (Wildman–Crippen MR) is 147 cm³/mol. The highest BCUT2D eigenvalue weighted by molar-refractivity contribution is 5.09. The summed E-state index contributed by atoms with van der Waals surface area (Å²) in [6.07, 6.45) is 0. The number of likely N-dealkylation sites (N-methyl/N-ethyl adjacent to an activating group) is 3. The summed E-state index contributed by atoms with van der Waals surface area (Å²) in [5.74, 6) is 0. The summed E-state index contributed by atoms with van der Waals surface area (Å²) in [4.78, 5) is 13.4. The summed E-state index contributed by atoms with van der Waals surface area (Å²) in [5.41, 5.74) is 0. The van der Waals surface area contributed by atoms with Crippen LogP contribution in [0.15, 0.2) is 0 Å². The molecule has 0 amide bonds. The van der Waals surface area contributed by atoms with Gasteiger partial charge in [-0.2, -0.15) is 0 Å². The number of hydrogen-bond donors (Lipinski definition) is 0. The van der Waals surface area contributed by atoms with Gasteiger partial charge in [0.25, 0.3) is 0 Å². The van der Waals surface area contributed by atoms with Crippen molar-refractivity contribution in [3.05, 3.63) is 0 Å². The van der Waals surface area contributed by atoms with Gasteiger partial charge in [0, 0.05) is 0 Å². The highest BCUT2D eigenvalue weighted by Crippen LogP contribution is 2.17. The largest absolute Gasteiger partial charge is 0.457 e. The molecule has 0 bridgehead atoms. The van der Waals surface area contributed by atoms with E-state index in [-0.39, 0.29) is 18.0 Å². The van der Waals surface area contributed by atoms with Crippen LogP contribution in [-0.2, 0) is 0 Å². The van der Waals surface area contributed by atoms with Gasteiger partial charge in [-0.25, -0.2) is 0 Å². The van der Waals surface area contributed by atoms with Gasteiger partial charge in [-0.05, 0) is 62.3 Å². The topological polar surface area (TPSA) is 66.4 Å². The molecule has 0 unspecified atom stereocenters. The fourth-order valence-electron chi connectivity index (χ4n) is 4.94. The first kappa shape index (κ1) is 32.3. The molecule has 0 saturated heterocycles. The lowest BCUT2D eigenvalue weighted by atomic mass is 10.3. The second-order valence-corrected chi connectivity index (χ2v) is 9.77. The quantitative estimate of drug-likeness (QED) is 0.234. The molecule has 210 valence electrons. The maximum absolute atomic E-state index is 6.02. The average Bonchev–Trinajstić information content (AvgIpc) is 2.92. The summed E-state index contributed by atoms with van der Waals surface area (Å²) in [6, 6.07) is 0.836. The number of ether oxygens (including phenoxy) is 3. The maximum Gasteiger partial charge on any atom is 0.326 e. The first-order chi connectivity index (χ1) is 17.3. The van der Waals surface area contributed by atoms with Crippen molar-refractivity contribution in [3.63, 3.8) is 0 Å². The van der Waals surface area contributed by atoms with Crippen molar-refractivity contribution in [1.82, 2.24) is 15.0 Å². The van der Waals surface area contributed by atoms with Gasteiger partial charge in [0.1, 0.15) is 39.5 Å². The number of rotatable bonds is 21. The summed E-state index contributed by atoms with van der Waals surface area (Å²) in [6.45, 7) is 34.2. The van der Waals surface area contributed by atoms with Crippen LogP contribution in [0.2, 0.25) is 0 Å². The lowest BCUT2D eigenvalue weighted by Gasteiger charge is -2.35. The Hall–Kier alpha value is -1.71. The summed E-state index contributed by atoms with van der Waals surface area (Å²) < 4.78 is 21.1. The second kappa shape index (κ2) is 16.2. The summed E-state index contributed by atoms with van der Waals surface area (Å²) >= 11 is 0. The van der Waals surface area contributed by atoms with Crippen LogP contribution in [0.5, 0.6) is 18.0 Å². The monoisotopic (exact) mass is 513 g/mol. The van der Waals surface area contributed by atoms with Gasteiger partial charge < -0.3 is 27.7 Å². The third-order valence-electron chi connectivity index (χ3n) is 9.00. The molecule has 36 heavy (non-hydrogen) atoms. The Balaban J connectivity index is 2.97. The molecular weight excluding hydrogens is 456 g/mol. The Morgan fingerprint density at radius 1 is 0.389 bits per heavy atom. The SMILES string of the molecule is CC[N+](CC)(CC)CCOc1nc(OCC[N+](CC)(CC)CC)nc(OCC[N+](CC)(CC)CC)n1. The molecule has 0 aromatic carbocycles. The van der Waals surface area contributed by atoms with Crippen molar-refractivity contribution in [1.29, 1.82) is 0 Å². The van der Waals surface area contributed by atoms with E-state index >= 15 is 0 Å². The van der Waals surface area contributed by atoms with Crippen molar-refractivity contribution < 1.29 is 27.7 Å². The van der Waals surface area contributed by atoms with Gasteiger partial charge >= 0.3 is 18.0 Å². The average molecular weight is 514 g/mol. The molecule has 0 spiro atoms. The molecule has 0 N–H and O–H groups in total. The number of aromatic nitrogens is 3. The summed E-state index contributed by atoms with van der Waals surface area (Å²) in [7, 11) is 0. The van der Waals surface area contributed by atoms with Crippen molar-refractivity contribution in [2.24, 2.45) is 0 Å². The molecule has 1 aromatic heterocycles. The van der Waals surface area contributed by atoms with Crippen LogP contribution in [0.1, 0.15) is 62.3 Å². The molecule has 1 rings (SSSR count).